The molecule has 0 aliphatic heterocycles. The minimum atomic E-state index is -1.74. The highest BCUT2D eigenvalue weighted by Gasteiger charge is 2.19. The highest BCUT2D eigenvalue weighted by molar-refractivity contribution is 6.70. The molecule has 1 aromatic rings. The smallest absolute Gasteiger partial charge is 0.376 e. The molecule has 0 bridgehead atoms. The van der Waals surface area contributed by atoms with E-state index in [-0.39, 0.29) is 6.04 Å². The predicted molar refractivity (Wildman–Crippen MR) is 97.3 cm³/mol. The standard InChI is InChI=1S/C15H28BN3O3Si/c1-12(19(3)16(2)20)9-8-10-13-11-17-15(18-14(13)21-4)22-23(5,6)7/h8,10-12,20H,9H2,1-7H3/b10-8+/t12-/m0/s1. The number of aromatic nitrogens is 2. The van der Waals surface area contributed by atoms with Crippen molar-refractivity contribution in [1.29, 1.82) is 0 Å². The van der Waals surface area contributed by atoms with Gasteiger partial charge in [-0.05, 0) is 39.9 Å². The minimum Gasteiger partial charge on any atom is -0.518 e. The fraction of sp³-hybridized carbons (Fsp3) is 0.600. The van der Waals surface area contributed by atoms with Crippen molar-refractivity contribution >= 4 is 21.4 Å². The Morgan fingerprint density at radius 3 is 2.61 bits per heavy atom. The molecule has 0 aliphatic carbocycles. The lowest BCUT2D eigenvalue weighted by Gasteiger charge is -2.24. The second-order valence-electron chi connectivity index (χ2n) is 6.62. The third kappa shape index (κ3) is 6.72. The van der Waals surface area contributed by atoms with Gasteiger partial charge in [0.15, 0.2) is 0 Å². The monoisotopic (exact) mass is 337 g/mol. The average Bonchev–Trinajstić information content (AvgIpc) is 2.45. The molecule has 0 amide bonds. The topological polar surface area (TPSA) is 67.7 Å². The van der Waals surface area contributed by atoms with Crippen molar-refractivity contribution in [1.82, 2.24) is 14.8 Å². The van der Waals surface area contributed by atoms with Gasteiger partial charge in [0, 0.05) is 12.2 Å². The van der Waals surface area contributed by atoms with E-state index >= 15 is 0 Å². The Morgan fingerprint density at radius 1 is 1.43 bits per heavy atom. The molecule has 0 radical (unpaired) electrons. The van der Waals surface area contributed by atoms with E-state index in [0.717, 1.165) is 12.0 Å². The number of rotatable bonds is 8. The van der Waals surface area contributed by atoms with Crippen molar-refractivity contribution in [3.8, 4) is 11.9 Å². The molecular formula is C15H28BN3O3Si. The van der Waals surface area contributed by atoms with E-state index in [9.17, 15) is 5.02 Å². The van der Waals surface area contributed by atoms with Crippen molar-refractivity contribution in [2.24, 2.45) is 0 Å². The molecule has 1 rings (SSSR count). The first-order valence-corrected chi connectivity index (χ1v) is 11.2. The summed E-state index contributed by atoms with van der Waals surface area (Å²) < 4.78 is 11.1. The molecule has 8 heteroatoms. The molecule has 23 heavy (non-hydrogen) atoms. The molecule has 6 nitrogen and oxygen atoms in total. The summed E-state index contributed by atoms with van der Waals surface area (Å²) in [5.41, 5.74) is 0.808. The lowest BCUT2D eigenvalue weighted by atomic mass is 9.83. The minimum absolute atomic E-state index is 0.229. The summed E-state index contributed by atoms with van der Waals surface area (Å²) in [5.74, 6) is 0.501. The van der Waals surface area contributed by atoms with Gasteiger partial charge in [-0.3, -0.25) is 0 Å². The lowest BCUT2D eigenvalue weighted by Crippen LogP contribution is -2.39. The molecule has 0 unspecified atom stereocenters. The van der Waals surface area contributed by atoms with Crippen LogP contribution >= 0.6 is 0 Å². The Kier molecular flexibility index (Phi) is 7.24. The molecule has 1 aromatic heterocycles. The summed E-state index contributed by atoms with van der Waals surface area (Å²) in [6.07, 6.45) is 6.48. The van der Waals surface area contributed by atoms with Gasteiger partial charge >= 0.3 is 13.1 Å². The van der Waals surface area contributed by atoms with E-state index in [1.54, 1.807) is 20.1 Å². The zero-order chi connectivity index (χ0) is 17.6. The fourth-order valence-electron chi connectivity index (χ4n) is 1.89. The maximum Gasteiger partial charge on any atom is 0.376 e. The van der Waals surface area contributed by atoms with Crippen LogP contribution in [-0.4, -0.2) is 55.4 Å². The SMILES string of the molecule is COc1nc(O[Si](C)(C)C)ncc1/C=C/C[C@H](C)N(C)B(C)O. The summed E-state index contributed by atoms with van der Waals surface area (Å²) in [6.45, 7) is 10.1. The van der Waals surface area contributed by atoms with Crippen LogP contribution in [0.2, 0.25) is 26.5 Å². The average molecular weight is 337 g/mol. The molecule has 0 spiro atoms. The largest absolute Gasteiger partial charge is 0.518 e. The lowest BCUT2D eigenvalue weighted by molar-refractivity contribution is 0.348. The van der Waals surface area contributed by atoms with E-state index in [0.29, 0.717) is 11.9 Å². The van der Waals surface area contributed by atoms with Crippen LogP contribution in [0.15, 0.2) is 12.3 Å². The Labute approximate surface area is 140 Å². The number of hydrogen-bond donors (Lipinski definition) is 1. The fourth-order valence-corrected chi connectivity index (χ4v) is 2.53. The molecule has 0 aromatic carbocycles. The van der Waals surface area contributed by atoms with Crippen molar-refractivity contribution < 1.29 is 14.2 Å². The van der Waals surface area contributed by atoms with Gasteiger partial charge in [-0.25, -0.2) is 4.98 Å². The maximum atomic E-state index is 9.56. The van der Waals surface area contributed by atoms with Crippen LogP contribution in [0, 0.1) is 0 Å². The number of methoxy groups -OCH3 is 1. The summed E-state index contributed by atoms with van der Waals surface area (Å²) in [5, 5.41) is 9.56. The highest BCUT2D eigenvalue weighted by Crippen LogP contribution is 2.21. The van der Waals surface area contributed by atoms with Gasteiger partial charge in [-0.2, -0.15) is 4.98 Å². The molecule has 1 N–H and O–H groups in total. The van der Waals surface area contributed by atoms with Crippen molar-refractivity contribution in [2.45, 2.75) is 45.9 Å². The third-order valence-electron chi connectivity index (χ3n) is 3.41. The first-order chi connectivity index (χ1) is 10.6. The van der Waals surface area contributed by atoms with Gasteiger partial charge in [0.05, 0.1) is 12.7 Å². The normalized spacial score (nSPS) is 13.4. The van der Waals surface area contributed by atoms with Crippen molar-refractivity contribution in [3.63, 3.8) is 0 Å². The van der Waals surface area contributed by atoms with Crippen LogP contribution in [0.25, 0.3) is 6.08 Å². The molecule has 0 fully saturated rings. The van der Waals surface area contributed by atoms with E-state index in [2.05, 4.69) is 36.5 Å². The van der Waals surface area contributed by atoms with Crippen LogP contribution in [0.4, 0.5) is 0 Å². The van der Waals surface area contributed by atoms with Gasteiger partial charge in [-0.15, -0.1) is 0 Å². The van der Waals surface area contributed by atoms with E-state index < -0.39 is 15.4 Å². The zero-order valence-electron chi connectivity index (χ0n) is 15.2. The molecule has 128 valence electrons. The van der Waals surface area contributed by atoms with Crippen molar-refractivity contribution in [2.75, 3.05) is 14.2 Å². The molecular weight excluding hydrogens is 309 g/mol. The first-order valence-electron chi connectivity index (χ1n) is 7.80. The van der Waals surface area contributed by atoms with Crippen LogP contribution in [0.5, 0.6) is 11.9 Å². The maximum absolute atomic E-state index is 9.56. The van der Waals surface area contributed by atoms with Crippen LogP contribution in [0.1, 0.15) is 18.9 Å². The number of hydrogen-bond acceptors (Lipinski definition) is 6. The second kappa shape index (κ2) is 8.47. The van der Waals surface area contributed by atoms with Crippen LogP contribution < -0.4 is 9.16 Å². The summed E-state index contributed by atoms with van der Waals surface area (Å²) in [6, 6.07) is 0.591. The van der Waals surface area contributed by atoms with Crippen molar-refractivity contribution in [3.05, 3.63) is 17.8 Å². The van der Waals surface area contributed by atoms with Gasteiger partial charge in [0.25, 0.3) is 0 Å². The highest BCUT2D eigenvalue weighted by atomic mass is 28.4. The second-order valence-corrected chi connectivity index (χ2v) is 11.0. The molecule has 0 aliphatic rings. The predicted octanol–water partition coefficient (Wildman–Crippen LogP) is 2.53. The number of ether oxygens (including phenoxy) is 1. The molecule has 1 atom stereocenters. The quantitative estimate of drug-likeness (QED) is 0.735. The van der Waals surface area contributed by atoms with Crippen LogP contribution in [-0.2, 0) is 0 Å². The summed E-state index contributed by atoms with van der Waals surface area (Å²) >= 11 is 0. The summed E-state index contributed by atoms with van der Waals surface area (Å²) in [7, 11) is 1.28. The van der Waals surface area contributed by atoms with Gasteiger partial charge in [0.1, 0.15) is 0 Å². The Bertz CT molecular complexity index is 535. The van der Waals surface area contributed by atoms with E-state index in [1.165, 1.54) is 0 Å². The summed E-state index contributed by atoms with van der Waals surface area (Å²) in [4.78, 5) is 10.5. The van der Waals surface area contributed by atoms with E-state index in [4.69, 9.17) is 9.16 Å². The van der Waals surface area contributed by atoms with Gasteiger partial charge in [-0.1, -0.05) is 19.1 Å². The molecule has 0 saturated heterocycles. The van der Waals surface area contributed by atoms with Gasteiger partial charge < -0.3 is 19.0 Å². The van der Waals surface area contributed by atoms with Crippen LogP contribution in [0.3, 0.4) is 0 Å². The first kappa shape index (κ1) is 19.7. The zero-order valence-corrected chi connectivity index (χ0v) is 16.2. The van der Waals surface area contributed by atoms with E-state index in [1.807, 2.05) is 24.0 Å². The molecule has 0 saturated carbocycles. The Morgan fingerprint density at radius 2 is 2.09 bits per heavy atom. The Balaban J connectivity index is 2.78. The Hall–Kier alpha value is -1.38. The number of nitrogens with zero attached hydrogens (tertiary/aromatic N) is 3. The third-order valence-corrected chi connectivity index (χ3v) is 4.20. The van der Waals surface area contributed by atoms with Gasteiger partial charge in [0.2, 0.25) is 14.2 Å². The molecule has 1 heterocycles.